The van der Waals surface area contributed by atoms with E-state index in [1.165, 1.54) is 0 Å². The van der Waals surface area contributed by atoms with E-state index in [1.807, 2.05) is 30.3 Å². The van der Waals surface area contributed by atoms with Crippen molar-refractivity contribution < 1.29 is 4.74 Å². The van der Waals surface area contributed by atoms with E-state index in [9.17, 15) is 0 Å². The summed E-state index contributed by atoms with van der Waals surface area (Å²) in [5, 5.41) is 12.3. The highest BCUT2D eigenvalue weighted by Gasteiger charge is 2.02. The first-order valence-electron chi connectivity index (χ1n) is 5.89. The molecule has 0 fully saturated rings. The van der Waals surface area contributed by atoms with Crippen LogP contribution in [0.5, 0.6) is 5.75 Å². The van der Waals surface area contributed by atoms with Gasteiger partial charge in [0.1, 0.15) is 11.8 Å². The summed E-state index contributed by atoms with van der Waals surface area (Å²) in [4.78, 5) is 0. The highest BCUT2D eigenvalue weighted by molar-refractivity contribution is 5.63. The Morgan fingerprint density at radius 3 is 2.58 bits per heavy atom. The maximum absolute atomic E-state index is 9.05. The SMILES string of the molecule is COc1ccc(CNc2ccc(N)cc2C#N)cc1. The van der Waals surface area contributed by atoms with E-state index < -0.39 is 0 Å². The summed E-state index contributed by atoms with van der Waals surface area (Å²) in [6, 6.07) is 15.2. The summed E-state index contributed by atoms with van der Waals surface area (Å²) in [7, 11) is 1.64. The van der Waals surface area contributed by atoms with Crippen molar-refractivity contribution in [2.24, 2.45) is 0 Å². The van der Waals surface area contributed by atoms with E-state index in [-0.39, 0.29) is 0 Å². The van der Waals surface area contributed by atoms with Crippen LogP contribution in [0.1, 0.15) is 11.1 Å². The first-order valence-corrected chi connectivity index (χ1v) is 5.89. The van der Waals surface area contributed by atoms with E-state index in [2.05, 4.69) is 11.4 Å². The van der Waals surface area contributed by atoms with Crippen molar-refractivity contribution in [3.63, 3.8) is 0 Å². The van der Waals surface area contributed by atoms with Crippen LogP contribution in [-0.4, -0.2) is 7.11 Å². The molecule has 0 aliphatic carbocycles. The maximum Gasteiger partial charge on any atom is 0.118 e. The molecule has 2 aromatic rings. The molecular weight excluding hydrogens is 238 g/mol. The monoisotopic (exact) mass is 253 g/mol. The van der Waals surface area contributed by atoms with Crippen molar-refractivity contribution >= 4 is 11.4 Å². The van der Waals surface area contributed by atoms with Crippen molar-refractivity contribution in [3.05, 3.63) is 53.6 Å². The Balaban J connectivity index is 2.08. The van der Waals surface area contributed by atoms with Crippen molar-refractivity contribution in [1.82, 2.24) is 0 Å². The number of nitrogens with one attached hydrogen (secondary N) is 1. The number of nitrogens with two attached hydrogens (primary N) is 1. The van der Waals surface area contributed by atoms with Gasteiger partial charge < -0.3 is 15.8 Å². The number of methoxy groups -OCH3 is 1. The summed E-state index contributed by atoms with van der Waals surface area (Å²) in [6.07, 6.45) is 0. The molecule has 3 N–H and O–H groups in total. The zero-order valence-electron chi connectivity index (χ0n) is 10.7. The largest absolute Gasteiger partial charge is 0.497 e. The smallest absolute Gasteiger partial charge is 0.118 e. The topological polar surface area (TPSA) is 71.1 Å². The zero-order chi connectivity index (χ0) is 13.7. The van der Waals surface area contributed by atoms with Crippen LogP contribution in [0.4, 0.5) is 11.4 Å². The van der Waals surface area contributed by atoms with E-state index in [0.717, 1.165) is 17.0 Å². The van der Waals surface area contributed by atoms with Crippen LogP contribution in [0.25, 0.3) is 0 Å². The van der Waals surface area contributed by atoms with Crippen LogP contribution < -0.4 is 15.8 Å². The fourth-order valence-electron chi connectivity index (χ4n) is 1.75. The first kappa shape index (κ1) is 12.8. The Hall–Kier alpha value is -2.67. The lowest BCUT2D eigenvalue weighted by Gasteiger charge is -2.09. The quantitative estimate of drug-likeness (QED) is 0.822. The number of hydrogen-bond acceptors (Lipinski definition) is 4. The van der Waals surface area contributed by atoms with Gasteiger partial charge in [0.15, 0.2) is 0 Å². The Kier molecular flexibility index (Phi) is 3.89. The third kappa shape index (κ3) is 3.17. The molecule has 4 heteroatoms. The summed E-state index contributed by atoms with van der Waals surface area (Å²) in [5.74, 6) is 0.828. The predicted octanol–water partition coefficient (Wildman–Crippen LogP) is 2.76. The van der Waals surface area contributed by atoms with Gasteiger partial charge in [0.2, 0.25) is 0 Å². The second-order valence-electron chi connectivity index (χ2n) is 4.12. The van der Waals surface area contributed by atoms with Crippen molar-refractivity contribution in [2.75, 3.05) is 18.2 Å². The van der Waals surface area contributed by atoms with Crippen molar-refractivity contribution in [2.45, 2.75) is 6.54 Å². The van der Waals surface area contributed by atoms with Crippen LogP contribution in [-0.2, 0) is 6.54 Å². The highest BCUT2D eigenvalue weighted by Crippen LogP contribution is 2.19. The van der Waals surface area contributed by atoms with Gasteiger partial charge in [0.25, 0.3) is 0 Å². The Morgan fingerprint density at radius 2 is 1.95 bits per heavy atom. The standard InChI is InChI=1S/C15H15N3O/c1-19-14-5-2-11(3-6-14)10-18-15-7-4-13(17)8-12(15)9-16/h2-8,18H,10,17H2,1H3. The third-order valence-corrected chi connectivity index (χ3v) is 2.81. The Morgan fingerprint density at radius 1 is 1.21 bits per heavy atom. The minimum absolute atomic E-state index is 0.550. The number of rotatable bonds is 4. The molecule has 0 atom stereocenters. The van der Waals surface area contributed by atoms with E-state index in [4.69, 9.17) is 15.7 Å². The second-order valence-corrected chi connectivity index (χ2v) is 4.12. The van der Waals surface area contributed by atoms with Gasteiger partial charge in [-0.15, -0.1) is 0 Å². The van der Waals surface area contributed by atoms with Gasteiger partial charge in [-0.25, -0.2) is 0 Å². The first-order chi connectivity index (χ1) is 9.22. The molecule has 0 unspecified atom stereocenters. The molecule has 0 saturated carbocycles. The summed E-state index contributed by atoms with van der Waals surface area (Å²) < 4.78 is 5.10. The number of benzene rings is 2. The van der Waals surface area contributed by atoms with Gasteiger partial charge in [0, 0.05) is 12.2 Å². The molecule has 0 bridgehead atoms. The number of nitrogen functional groups attached to an aromatic ring is 1. The molecule has 0 aliphatic rings. The number of nitriles is 1. The fraction of sp³-hybridized carbons (Fsp3) is 0.133. The number of ether oxygens (including phenoxy) is 1. The molecule has 0 saturated heterocycles. The molecule has 2 aromatic carbocycles. The molecule has 0 radical (unpaired) electrons. The highest BCUT2D eigenvalue weighted by atomic mass is 16.5. The summed E-state index contributed by atoms with van der Waals surface area (Å²) in [5.41, 5.74) is 8.69. The number of nitrogens with zero attached hydrogens (tertiary/aromatic N) is 1. The molecule has 96 valence electrons. The average molecular weight is 253 g/mol. The summed E-state index contributed by atoms with van der Waals surface area (Å²) in [6.45, 7) is 0.641. The fourth-order valence-corrected chi connectivity index (χ4v) is 1.75. The molecule has 19 heavy (non-hydrogen) atoms. The molecule has 0 aromatic heterocycles. The van der Waals surface area contributed by atoms with Crippen LogP contribution in [0.15, 0.2) is 42.5 Å². The minimum atomic E-state index is 0.550. The zero-order valence-corrected chi connectivity index (χ0v) is 10.7. The van der Waals surface area contributed by atoms with Crippen LogP contribution >= 0.6 is 0 Å². The maximum atomic E-state index is 9.05. The minimum Gasteiger partial charge on any atom is -0.497 e. The average Bonchev–Trinajstić information content (AvgIpc) is 2.46. The molecule has 4 nitrogen and oxygen atoms in total. The van der Waals surface area contributed by atoms with Gasteiger partial charge in [-0.3, -0.25) is 0 Å². The lowest BCUT2D eigenvalue weighted by Crippen LogP contribution is -2.01. The molecule has 0 heterocycles. The molecule has 2 rings (SSSR count). The number of anilines is 2. The van der Waals surface area contributed by atoms with E-state index in [1.54, 1.807) is 19.2 Å². The molecule has 0 spiro atoms. The lowest BCUT2D eigenvalue weighted by atomic mass is 10.1. The van der Waals surface area contributed by atoms with Crippen LogP contribution in [0.3, 0.4) is 0 Å². The van der Waals surface area contributed by atoms with Gasteiger partial charge >= 0.3 is 0 Å². The van der Waals surface area contributed by atoms with E-state index in [0.29, 0.717) is 17.8 Å². The normalized spacial score (nSPS) is 9.68. The van der Waals surface area contributed by atoms with Gasteiger partial charge in [-0.05, 0) is 35.9 Å². The summed E-state index contributed by atoms with van der Waals surface area (Å²) >= 11 is 0. The predicted molar refractivity (Wildman–Crippen MR) is 75.9 cm³/mol. The lowest BCUT2D eigenvalue weighted by molar-refractivity contribution is 0.414. The van der Waals surface area contributed by atoms with Gasteiger partial charge in [-0.2, -0.15) is 5.26 Å². The molecular formula is C15H15N3O. The molecule has 0 aliphatic heterocycles. The van der Waals surface area contributed by atoms with Crippen molar-refractivity contribution in [3.8, 4) is 11.8 Å². The second kappa shape index (κ2) is 5.78. The van der Waals surface area contributed by atoms with Crippen molar-refractivity contribution in [1.29, 1.82) is 5.26 Å². The van der Waals surface area contributed by atoms with Crippen LogP contribution in [0, 0.1) is 11.3 Å². The van der Waals surface area contributed by atoms with Gasteiger partial charge in [-0.1, -0.05) is 12.1 Å². The molecule has 0 amide bonds. The number of hydrogen-bond donors (Lipinski definition) is 2. The third-order valence-electron chi connectivity index (χ3n) is 2.81. The Labute approximate surface area is 112 Å². The van der Waals surface area contributed by atoms with E-state index >= 15 is 0 Å². The van der Waals surface area contributed by atoms with Gasteiger partial charge in [0.05, 0.1) is 18.4 Å². The van der Waals surface area contributed by atoms with Crippen LogP contribution in [0.2, 0.25) is 0 Å². The Bertz CT molecular complexity index is 600.